The number of nitrogens with two attached hydrogens (primary N) is 1. The third-order valence-corrected chi connectivity index (χ3v) is 3.42. The first-order valence-corrected chi connectivity index (χ1v) is 5.63. The molecule has 3 heteroatoms. The molecule has 2 unspecified atom stereocenters. The summed E-state index contributed by atoms with van der Waals surface area (Å²) < 4.78 is 4.81. The van der Waals surface area contributed by atoms with Crippen LogP contribution >= 0.6 is 0 Å². The van der Waals surface area contributed by atoms with E-state index in [2.05, 4.69) is 12.1 Å². The number of benzene rings is 1. The standard InChI is InChI=1S/C13H17NO2/c1-16-13(15)12(8-14)11-7-6-9-4-2-3-5-10(9)11/h2-5,11-12H,6-8,14H2,1H3. The van der Waals surface area contributed by atoms with Gasteiger partial charge in [-0.05, 0) is 29.9 Å². The Morgan fingerprint density at radius 3 is 3.00 bits per heavy atom. The normalized spacial score (nSPS) is 20.2. The lowest BCUT2D eigenvalue weighted by Gasteiger charge is -2.20. The van der Waals surface area contributed by atoms with Gasteiger partial charge in [-0.15, -0.1) is 0 Å². The summed E-state index contributed by atoms with van der Waals surface area (Å²) in [4.78, 5) is 11.6. The van der Waals surface area contributed by atoms with Crippen molar-refractivity contribution in [2.24, 2.45) is 11.7 Å². The molecule has 1 aliphatic carbocycles. The van der Waals surface area contributed by atoms with Crippen molar-refractivity contribution >= 4 is 5.97 Å². The van der Waals surface area contributed by atoms with Crippen molar-refractivity contribution < 1.29 is 9.53 Å². The lowest BCUT2D eigenvalue weighted by atomic mass is 9.87. The Morgan fingerprint density at radius 2 is 2.31 bits per heavy atom. The van der Waals surface area contributed by atoms with Crippen molar-refractivity contribution in [1.82, 2.24) is 0 Å². The molecule has 0 saturated carbocycles. The maximum Gasteiger partial charge on any atom is 0.310 e. The summed E-state index contributed by atoms with van der Waals surface area (Å²) in [5.74, 6) is -0.161. The number of fused-ring (bicyclic) bond motifs is 1. The Labute approximate surface area is 95.6 Å². The van der Waals surface area contributed by atoms with Crippen LogP contribution in [0.1, 0.15) is 23.5 Å². The zero-order chi connectivity index (χ0) is 11.5. The molecule has 2 atom stereocenters. The highest BCUT2D eigenvalue weighted by molar-refractivity contribution is 5.74. The molecule has 0 saturated heterocycles. The molecule has 0 fully saturated rings. The van der Waals surface area contributed by atoms with E-state index in [1.807, 2.05) is 12.1 Å². The highest BCUT2D eigenvalue weighted by atomic mass is 16.5. The number of rotatable bonds is 3. The summed E-state index contributed by atoms with van der Waals surface area (Å²) in [5.41, 5.74) is 8.29. The molecule has 1 aromatic carbocycles. The van der Waals surface area contributed by atoms with Crippen molar-refractivity contribution in [2.75, 3.05) is 13.7 Å². The van der Waals surface area contributed by atoms with Crippen molar-refractivity contribution in [1.29, 1.82) is 0 Å². The Hall–Kier alpha value is -1.35. The van der Waals surface area contributed by atoms with Gasteiger partial charge in [0.2, 0.25) is 0 Å². The number of hydrogen-bond acceptors (Lipinski definition) is 3. The molecule has 1 aliphatic rings. The minimum atomic E-state index is -0.200. The van der Waals surface area contributed by atoms with Crippen molar-refractivity contribution in [3.05, 3.63) is 35.4 Å². The first-order chi connectivity index (χ1) is 7.77. The maximum atomic E-state index is 11.6. The number of aryl methyl sites for hydroxylation is 1. The second-order valence-electron chi connectivity index (χ2n) is 4.21. The number of hydrogen-bond donors (Lipinski definition) is 1. The van der Waals surface area contributed by atoms with Crippen LogP contribution in [0.5, 0.6) is 0 Å². The van der Waals surface area contributed by atoms with Crippen LogP contribution in [0.2, 0.25) is 0 Å². The van der Waals surface area contributed by atoms with E-state index in [4.69, 9.17) is 10.5 Å². The maximum absolute atomic E-state index is 11.6. The van der Waals surface area contributed by atoms with Crippen molar-refractivity contribution in [3.8, 4) is 0 Å². The molecule has 3 nitrogen and oxygen atoms in total. The third kappa shape index (κ3) is 1.83. The largest absolute Gasteiger partial charge is 0.469 e. The fourth-order valence-corrected chi connectivity index (χ4v) is 2.58. The fourth-order valence-electron chi connectivity index (χ4n) is 2.58. The van der Waals surface area contributed by atoms with Gasteiger partial charge in [-0.3, -0.25) is 4.79 Å². The van der Waals surface area contributed by atoms with Gasteiger partial charge in [-0.1, -0.05) is 24.3 Å². The highest BCUT2D eigenvalue weighted by Gasteiger charge is 2.33. The van der Waals surface area contributed by atoms with E-state index < -0.39 is 0 Å². The summed E-state index contributed by atoms with van der Waals surface area (Å²) in [6.45, 7) is 0.353. The molecule has 0 aliphatic heterocycles. The summed E-state index contributed by atoms with van der Waals surface area (Å²) >= 11 is 0. The van der Waals surface area contributed by atoms with Crippen LogP contribution in [0.4, 0.5) is 0 Å². The van der Waals surface area contributed by atoms with Crippen LogP contribution in [0.15, 0.2) is 24.3 Å². The van der Waals surface area contributed by atoms with E-state index in [0.29, 0.717) is 6.54 Å². The molecular formula is C13H17NO2. The Bertz CT molecular complexity index is 389. The summed E-state index contributed by atoms with van der Waals surface area (Å²) in [5, 5.41) is 0. The fraction of sp³-hybridized carbons (Fsp3) is 0.462. The summed E-state index contributed by atoms with van der Waals surface area (Å²) in [7, 11) is 1.42. The van der Waals surface area contributed by atoms with Crippen LogP contribution in [0, 0.1) is 5.92 Å². The average Bonchev–Trinajstić information content (AvgIpc) is 2.74. The SMILES string of the molecule is COC(=O)C(CN)C1CCc2ccccc21. The topological polar surface area (TPSA) is 52.3 Å². The van der Waals surface area contributed by atoms with E-state index in [1.54, 1.807) is 0 Å². The first-order valence-electron chi connectivity index (χ1n) is 5.63. The highest BCUT2D eigenvalue weighted by Crippen LogP contribution is 2.38. The Balaban J connectivity index is 2.26. The van der Waals surface area contributed by atoms with Gasteiger partial charge in [0.1, 0.15) is 0 Å². The van der Waals surface area contributed by atoms with Gasteiger partial charge in [0, 0.05) is 6.54 Å². The molecule has 86 valence electrons. The Morgan fingerprint density at radius 1 is 1.56 bits per heavy atom. The zero-order valence-electron chi connectivity index (χ0n) is 9.48. The van der Waals surface area contributed by atoms with Gasteiger partial charge in [0.25, 0.3) is 0 Å². The average molecular weight is 219 g/mol. The van der Waals surface area contributed by atoms with Gasteiger partial charge in [-0.2, -0.15) is 0 Å². The number of ether oxygens (including phenoxy) is 1. The van der Waals surface area contributed by atoms with Crippen LogP contribution in [-0.2, 0) is 16.0 Å². The lowest BCUT2D eigenvalue weighted by Crippen LogP contribution is -2.29. The smallest absolute Gasteiger partial charge is 0.310 e. The van der Waals surface area contributed by atoms with Gasteiger partial charge < -0.3 is 10.5 Å². The zero-order valence-corrected chi connectivity index (χ0v) is 9.48. The van der Waals surface area contributed by atoms with Gasteiger partial charge in [0.15, 0.2) is 0 Å². The molecule has 16 heavy (non-hydrogen) atoms. The molecule has 0 spiro atoms. The minimum Gasteiger partial charge on any atom is -0.469 e. The van der Waals surface area contributed by atoms with Gasteiger partial charge in [0.05, 0.1) is 13.0 Å². The summed E-state index contributed by atoms with van der Waals surface area (Å²) in [6, 6.07) is 8.28. The van der Waals surface area contributed by atoms with Crippen LogP contribution in [0.25, 0.3) is 0 Å². The molecule has 1 aromatic rings. The molecule has 2 rings (SSSR count). The van der Waals surface area contributed by atoms with Crippen molar-refractivity contribution in [2.45, 2.75) is 18.8 Å². The van der Waals surface area contributed by atoms with Crippen LogP contribution < -0.4 is 5.73 Å². The van der Waals surface area contributed by atoms with E-state index in [1.165, 1.54) is 18.2 Å². The molecule has 0 bridgehead atoms. The number of methoxy groups -OCH3 is 1. The molecular weight excluding hydrogens is 202 g/mol. The minimum absolute atomic E-state index is 0.191. The quantitative estimate of drug-likeness (QED) is 0.783. The van der Waals surface area contributed by atoms with E-state index >= 15 is 0 Å². The second kappa shape index (κ2) is 4.66. The number of esters is 1. The molecule has 0 aromatic heterocycles. The third-order valence-electron chi connectivity index (χ3n) is 3.42. The van der Waals surface area contributed by atoms with E-state index in [0.717, 1.165) is 12.8 Å². The monoisotopic (exact) mass is 219 g/mol. The number of carbonyl (C=O) groups is 1. The van der Waals surface area contributed by atoms with E-state index in [9.17, 15) is 4.79 Å². The lowest BCUT2D eigenvalue weighted by molar-refractivity contribution is -0.145. The van der Waals surface area contributed by atoms with Crippen LogP contribution in [-0.4, -0.2) is 19.6 Å². The molecule has 0 amide bonds. The number of carbonyl (C=O) groups excluding carboxylic acids is 1. The molecule has 0 heterocycles. The Kier molecular flexibility index (Phi) is 3.25. The predicted molar refractivity (Wildman–Crippen MR) is 62.1 cm³/mol. The predicted octanol–water partition coefficient (Wildman–Crippen LogP) is 1.46. The van der Waals surface area contributed by atoms with E-state index in [-0.39, 0.29) is 17.8 Å². The van der Waals surface area contributed by atoms with Gasteiger partial charge in [-0.25, -0.2) is 0 Å². The van der Waals surface area contributed by atoms with Gasteiger partial charge >= 0.3 is 5.97 Å². The summed E-state index contributed by atoms with van der Waals surface area (Å²) in [6.07, 6.45) is 2.03. The van der Waals surface area contributed by atoms with Crippen molar-refractivity contribution in [3.63, 3.8) is 0 Å². The second-order valence-corrected chi connectivity index (χ2v) is 4.21. The molecule has 0 radical (unpaired) electrons. The van der Waals surface area contributed by atoms with Crippen LogP contribution in [0.3, 0.4) is 0 Å². The first kappa shape index (κ1) is 11.1. The molecule has 2 N–H and O–H groups in total.